The second-order valence-electron chi connectivity index (χ2n) is 5.25. The van der Waals surface area contributed by atoms with E-state index in [4.69, 9.17) is 23.8 Å². The van der Waals surface area contributed by atoms with E-state index in [1.807, 2.05) is 24.3 Å². The van der Waals surface area contributed by atoms with Crippen LogP contribution in [0.3, 0.4) is 0 Å². The molecule has 1 saturated heterocycles. The Hall–Kier alpha value is -1.58. The van der Waals surface area contributed by atoms with Crippen molar-refractivity contribution in [1.82, 2.24) is 4.90 Å². The van der Waals surface area contributed by atoms with Crippen LogP contribution >= 0.6 is 23.8 Å². The molecule has 0 bridgehead atoms. The van der Waals surface area contributed by atoms with Gasteiger partial charge in [-0.15, -0.1) is 0 Å². The van der Waals surface area contributed by atoms with Gasteiger partial charge in [0.25, 0.3) is 0 Å². The van der Waals surface area contributed by atoms with E-state index in [1.165, 1.54) is 5.56 Å². The summed E-state index contributed by atoms with van der Waals surface area (Å²) in [7, 11) is 0. The molecule has 1 aliphatic rings. The Morgan fingerprint density at radius 3 is 2.57 bits per heavy atom. The molecule has 0 saturated carbocycles. The van der Waals surface area contributed by atoms with Crippen LogP contribution in [0, 0.1) is 0 Å². The van der Waals surface area contributed by atoms with Gasteiger partial charge in [0.1, 0.15) is 0 Å². The topological polar surface area (TPSA) is 15.3 Å². The first kappa shape index (κ1) is 14.4. The zero-order valence-corrected chi connectivity index (χ0v) is 13.2. The largest absolute Gasteiger partial charge is 0.348 e. The van der Waals surface area contributed by atoms with Gasteiger partial charge in [-0.2, -0.15) is 0 Å². The lowest BCUT2D eigenvalue weighted by Crippen LogP contribution is -2.32. The maximum absolute atomic E-state index is 6.16. The van der Waals surface area contributed by atoms with Gasteiger partial charge in [0.05, 0.1) is 10.7 Å². The number of nitrogens with one attached hydrogen (secondary N) is 1. The van der Waals surface area contributed by atoms with E-state index in [1.54, 1.807) is 0 Å². The van der Waals surface area contributed by atoms with E-state index in [-0.39, 0.29) is 0 Å². The standard InChI is InChI=1S/C17H17ClN2S/c18-15-8-4-5-9-16(15)19-17(21)20-11-10-14(12-20)13-6-2-1-3-7-13/h1-9,14H,10-12H2,(H,19,21)/t14-/m1/s1. The molecule has 0 spiro atoms. The number of hydrogen-bond acceptors (Lipinski definition) is 1. The highest BCUT2D eigenvalue weighted by molar-refractivity contribution is 7.80. The Balaban J connectivity index is 1.64. The van der Waals surface area contributed by atoms with Gasteiger partial charge in [0, 0.05) is 19.0 Å². The molecular weight excluding hydrogens is 300 g/mol. The second-order valence-corrected chi connectivity index (χ2v) is 6.05. The van der Waals surface area contributed by atoms with Gasteiger partial charge in [-0.3, -0.25) is 0 Å². The van der Waals surface area contributed by atoms with Crippen LogP contribution < -0.4 is 5.32 Å². The fourth-order valence-corrected chi connectivity index (χ4v) is 3.16. The predicted octanol–water partition coefficient (Wildman–Crippen LogP) is 4.53. The minimum absolute atomic E-state index is 0.553. The quantitative estimate of drug-likeness (QED) is 0.820. The molecule has 1 N–H and O–H groups in total. The number of likely N-dealkylation sites (tertiary alicyclic amines) is 1. The fourth-order valence-electron chi connectivity index (χ4n) is 2.70. The Kier molecular flexibility index (Phi) is 4.42. The maximum atomic E-state index is 6.16. The predicted molar refractivity (Wildman–Crippen MR) is 93.0 cm³/mol. The number of anilines is 1. The van der Waals surface area contributed by atoms with Gasteiger partial charge in [0.2, 0.25) is 0 Å². The molecule has 2 nitrogen and oxygen atoms in total. The zero-order valence-electron chi connectivity index (χ0n) is 11.6. The summed E-state index contributed by atoms with van der Waals surface area (Å²) < 4.78 is 0. The molecule has 1 fully saturated rings. The van der Waals surface area contributed by atoms with Gasteiger partial charge in [-0.25, -0.2) is 0 Å². The molecule has 2 aromatic carbocycles. The minimum atomic E-state index is 0.553. The summed E-state index contributed by atoms with van der Waals surface area (Å²) >= 11 is 11.7. The third kappa shape index (κ3) is 3.36. The lowest BCUT2D eigenvalue weighted by atomic mass is 9.99. The third-order valence-electron chi connectivity index (χ3n) is 3.86. The van der Waals surface area contributed by atoms with E-state index in [2.05, 4.69) is 40.5 Å². The number of para-hydroxylation sites is 1. The minimum Gasteiger partial charge on any atom is -0.348 e. The van der Waals surface area contributed by atoms with Gasteiger partial charge < -0.3 is 10.2 Å². The molecule has 1 aliphatic heterocycles. The van der Waals surface area contributed by atoms with Crippen molar-refractivity contribution < 1.29 is 0 Å². The van der Waals surface area contributed by atoms with Gasteiger partial charge in [-0.1, -0.05) is 54.1 Å². The number of thiocarbonyl (C=S) groups is 1. The summed E-state index contributed by atoms with van der Waals surface area (Å²) in [5, 5.41) is 4.69. The highest BCUT2D eigenvalue weighted by Gasteiger charge is 2.25. The van der Waals surface area contributed by atoms with Crippen molar-refractivity contribution in [2.24, 2.45) is 0 Å². The van der Waals surface area contributed by atoms with E-state index in [9.17, 15) is 0 Å². The summed E-state index contributed by atoms with van der Waals surface area (Å²) in [5.74, 6) is 0.553. The lowest BCUT2D eigenvalue weighted by Gasteiger charge is -2.21. The fraction of sp³-hybridized carbons (Fsp3) is 0.235. The first-order chi connectivity index (χ1) is 10.2. The van der Waals surface area contributed by atoms with E-state index in [0.29, 0.717) is 10.9 Å². The normalized spacial score (nSPS) is 17.8. The molecule has 2 aromatic rings. The third-order valence-corrected chi connectivity index (χ3v) is 4.55. The summed E-state index contributed by atoms with van der Waals surface area (Å²) in [4.78, 5) is 2.22. The number of benzene rings is 2. The monoisotopic (exact) mass is 316 g/mol. The number of hydrogen-bond donors (Lipinski definition) is 1. The molecular formula is C17H17ClN2S. The molecule has 4 heteroatoms. The number of halogens is 1. The zero-order chi connectivity index (χ0) is 14.7. The van der Waals surface area contributed by atoms with E-state index < -0.39 is 0 Å². The highest BCUT2D eigenvalue weighted by atomic mass is 35.5. The average molecular weight is 317 g/mol. The number of nitrogens with zero attached hydrogens (tertiary/aromatic N) is 1. The molecule has 0 amide bonds. The summed E-state index contributed by atoms with van der Waals surface area (Å²) in [5.41, 5.74) is 2.26. The van der Waals surface area contributed by atoms with Crippen molar-refractivity contribution >= 4 is 34.6 Å². The lowest BCUT2D eigenvalue weighted by molar-refractivity contribution is 0.518. The first-order valence-corrected chi connectivity index (χ1v) is 7.88. The highest BCUT2D eigenvalue weighted by Crippen LogP contribution is 2.28. The molecule has 0 radical (unpaired) electrons. The van der Waals surface area contributed by atoms with Crippen molar-refractivity contribution in [2.75, 3.05) is 18.4 Å². The van der Waals surface area contributed by atoms with Crippen LogP contribution in [0.25, 0.3) is 0 Å². The molecule has 3 rings (SSSR count). The van der Waals surface area contributed by atoms with Crippen molar-refractivity contribution in [2.45, 2.75) is 12.3 Å². The van der Waals surface area contributed by atoms with Crippen LogP contribution in [0.15, 0.2) is 54.6 Å². The Morgan fingerprint density at radius 2 is 1.81 bits per heavy atom. The molecule has 1 heterocycles. The van der Waals surface area contributed by atoms with Gasteiger partial charge in [-0.05, 0) is 36.3 Å². The van der Waals surface area contributed by atoms with Gasteiger partial charge >= 0.3 is 0 Å². The Bertz CT molecular complexity index is 630. The summed E-state index contributed by atoms with van der Waals surface area (Å²) in [6.45, 7) is 1.94. The van der Waals surface area contributed by atoms with E-state index in [0.717, 1.165) is 30.3 Å². The van der Waals surface area contributed by atoms with Crippen molar-refractivity contribution in [3.63, 3.8) is 0 Å². The van der Waals surface area contributed by atoms with Crippen molar-refractivity contribution in [3.05, 3.63) is 65.2 Å². The molecule has 0 aromatic heterocycles. The molecule has 0 unspecified atom stereocenters. The molecule has 21 heavy (non-hydrogen) atoms. The smallest absolute Gasteiger partial charge is 0.173 e. The van der Waals surface area contributed by atoms with E-state index >= 15 is 0 Å². The molecule has 108 valence electrons. The SMILES string of the molecule is S=C(Nc1ccccc1Cl)N1CC[C@@H](c2ccccc2)C1. The summed E-state index contributed by atoms with van der Waals surface area (Å²) in [6, 6.07) is 18.3. The van der Waals surface area contributed by atoms with Crippen LogP contribution in [0.4, 0.5) is 5.69 Å². The van der Waals surface area contributed by atoms with Crippen LogP contribution in [0.2, 0.25) is 5.02 Å². The van der Waals surface area contributed by atoms with Crippen LogP contribution in [-0.4, -0.2) is 23.1 Å². The van der Waals surface area contributed by atoms with Crippen LogP contribution in [0.1, 0.15) is 17.9 Å². The van der Waals surface area contributed by atoms with Crippen LogP contribution in [-0.2, 0) is 0 Å². The Morgan fingerprint density at radius 1 is 1.10 bits per heavy atom. The second kappa shape index (κ2) is 6.46. The molecule has 1 atom stereocenters. The van der Waals surface area contributed by atoms with Crippen molar-refractivity contribution in [3.8, 4) is 0 Å². The average Bonchev–Trinajstić information content (AvgIpc) is 3.00. The maximum Gasteiger partial charge on any atom is 0.173 e. The van der Waals surface area contributed by atoms with Gasteiger partial charge in [0.15, 0.2) is 5.11 Å². The van der Waals surface area contributed by atoms with Crippen LogP contribution in [0.5, 0.6) is 0 Å². The first-order valence-electron chi connectivity index (χ1n) is 7.09. The Labute approximate surface area is 135 Å². The molecule has 0 aliphatic carbocycles. The number of rotatable bonds is 2. The summed E-state index contributed by atoms with van der Waals surface area (Å²) in [6.07, 6.45) is 1.13. The van der Waals surface area contributed by atoms with Crippen molar-refractivity contribution in [1.29, 1.82) is 0 Å².